The zero-order valence-corrected chi connectivity index (χ0v) is 9.75. The van der Waals surface area contributed by atoms with Crippen molar-refractivity contribution in [1.82, 2.24) is 0 Å². The second-order valence-electron chi connectivity index (χ2n) is 3.05. The summed E-state index contributed by atoms with van der Waals surface area (Å²) in [5.41, 5.74) is 4.51. The van der Waals surface area contributed by atoms with Gasteiger partial charge in [-0.05, 0) is 31.2 Å². The minimum Gasteiger partial charge on any atom is -0.463 e. The zero-order valence-electron chi connectivity index (χ0n) is 9.00. The normalized spacial score (nSPS) is 11.1. The first-order valence-corrected chi connectivity index (χ1v) is 5.22. The summed E-state index contributed by atoms with van der Waals surface area (Å²) in [5.74, 6) is 0.0646. The van der Waals surface area contributed by atoms with Gasteiger partial charge >= 0.3 is 5.97 Å². The van der Waals surface area contributed by atoms with Crippen LogP contribution in [0.4, 0.5) is 5.69 Å². The zero-order chi connectivity index (χ0) is 12.0. The molecule has 4 N–H and O–H groups in total. The molecule has 1 aromatic rings. The van der Waals surface area contributed by atoms with Crippen molar-refractivity contribution in [2.45, 2.75) is 6.92 Å². The van der Waals surface area contributed by atoms with Gasteiger partial charge in [0, 0.05) is 10.7 Å². The van der Waals surface area contributed by atoms with Crippen LogP contribution in [0, 0.1) is 0 Å². The Hall–Kier alpha value is -1.52. The number of carbonyl (C=O) groups is 1. The Bertz CT molecular complexity index is 387. The number of quaternary nitrogens is 1. The summed E-state index contributed by atoms with van der Waals surface area (Å²) in [7, 11) is 0. The SMILES string of the molecule is CCOC(=O)C=C([NH3+])Nc1ccc(Cl)cc1. The van der Waals surface area contributed by atoms with E-state index in [9.17, 15) is 4.79 Å². The summed E-state index contributed by atoms with van der Waals surface area (Å²) in [5, 5.41) is 3.61. The number of hydrogen-bond donors (Lipinski definition) is 2. The van der Waals surface area contributed by atoms with Crippen molar-refractivity contribution in [3.63, 3.8) is 0 Å². The molecule has 0 aliphatic rings. The highest BCUT2D eigenvalue weighted by Gasteiger charge is 2.02. The molecule has 16 heavy (non-hydrogen) atoms. The van der Waals surface area contributed by atoms with Crippen molar-refractivity contribution in [1.29, 1.82) is 0 Å². The summed E-state index contributed by atoms with van der Waals surface area (Å²) in [4.78, 5) is 11.1. The highest BCUT2D eigenvalue weighted by Crippen LogP contribution is 2.13. The molecule has 0 aliphatic heterocycles. The third kappa shape index (κ3) is 4.33. The lowest BCUT2D eigenvalue weighted by molar-refractivity contribution is -0.299. The lowest BCUT2D eigenvalue weighted by Crippen LogP contribution is -2.51. The smallest absolute Gasteiger partial charge is 0.338 e. The van der Waals surface area contributed by atoms with Gasteiger partial charge < -0.3 is 15.8 Å². The topological polar surface area (TPSA) is 66.0 Å². The van der Waals surface area contributed by atoms with Crippen LogP contribution in [0.5, 0.6) is 0 Å². The molecule has 0 unspecified atom stereocenters. The van der Waals surface area contributed by atoms with Gasteiger partial charge in [0.2, 0.25) is 5.82 Å². The van der Waals surface area contributed by atoms with Crippen LogP contribution < -0.4 is 11.1 Å². The number of carbonyl (C=O) groups excluding carboxylic acids is 1. The lowest BCUT2D eigenvalue weighted by Gasteiger charge is -2.03. The fourth-order valence-electron chi connectivity index (χ4n) is 1.08. The van der Waals surface area contributed by atoms with Gasteiger partial charge in [-0.3, -0.25) is 0 Å². The molecule has 4 nitrogen and oxygen atoms in total. The molecule has 1 aromatic carbocycles. The minimum atomic E-state index is -0.408. The van der Waals surface area contributed by atoms with Gasteiger partial charge in [-0.15, -0.1) is 0 Å². The quantitative estimate of drug-likeness (QED) is 0.619. The van der Waals surface area contributed by atoms with Crippen LogP contribution in [0.3, 0.4) is 0 Å². The Kier molecular flexibility index (Phi) is 4.82. The fourth-order valence-corrected chi connectivity index (χ4v) is 1.21. The third-order valence-electron chi connectivity index (χ3n) is 1.73. The van der Waals surface area contributed by atoms with Crippen molar-refractivity contribution in [2.24, 2.45) is 0 Å². The van der Waals surface area contributed by atoms with Crippen LogP contribution in [0.2, 0.25) is 5.02 Å². The van der Waals surface area contributed by atoms with Crippen LogP contribution in [0.1, 0.15) is 6.92 Å². The van der Waals surface area contributed by atoms with Crippen molar-refractivity contribution in [3.8, 4) is 0 Å². The van der Waals surface area contributed by atoms with Crippen LogP contribution in [0.25, 0.3) is 0 Å². The summed E-state index contributed by atoms with van der Waals surface area (Å²) in [6, 6.07) is 7.10. The van der Waals surface area contributed by atoms with Crippen molar-refractivity contribution in [3.05, 3.63) is 41.2 Å². The second-order valence-corrected chi connectivity index (χ2v) is 3.49. The maximum absolute atomic E-state index is 11.1. The molecule has 0 atom stereocenters. The van der Waals surface area contributed by atoms with Crippen molar-refractivity contribution in [2.75, 3.05) is 11.9 Å². The van der Waals surface area contributed by atoms with E-state index in [-0.39, 0.29) is 0 Å². The Balaban J connectivity index is 2.60. The van der Waals surface area contributed by atoms with E-state index >= 15 is 0 Å². The number of nitrogens with one attached hydrogen (secondary N) is 1. The molecule has 1 rings (SSSR count). The third-order valence-corrected chi connectivity index (χ3v) is 1.98. The van der Waals surface area contributed by atoms with E-state index in [1.165, 1.54) is 6.08 Å². The molecule has 0 heterocycles. The molecule has 0 bridgehead atoms. The Morgan fingerprint density at radius 1 is 1.50 bits per heavy atom. The van der Waals surface area contributed by atoms with E-state index < -0.39 is 5.97 Å². The number of benzene rings is 1. The van der Waals surface area contributed by atoms with E-state index in [4.69, 9.17) is 16.3 Å². The predicted molar refractivity (Wildman–Crippen MR) is 62.7 cm³/mol. The summed E-state index contributed by atoms with van der Waals surface area (Å²) in [6.07, 6.45) is 1.30. The molecule has 5 heteroatoms. The fraction of sp³-hybridized carbons (Fsp3) is 0.182. The van der Waals surface area contributed by atoms with E-state index in [1.54, 1.807) is 31.2 Å². The molecule has 0 amide bonds. The molecule has 0 saturated carbocycles. The van der Waals surface area contributed by atoms with Gasteiger partial charge in [0.05, 0.1) is 6.61 Å². The van der Waals surface area contributed by atoms with E-state index in [2.05, 4.69) is 11.1 Å². The van der Waals surface area contributed by atoms with Gasteiger partial charge in [0.15, 0.2) is 0 Å². The van der Waals surface area contributed by atoms with Crippen LogP contribution in [-0.4, -0.2) is 12.6 Å². The van der Waals surface area contributed by atoms with E-state index in [0.29, 0.717) is 17.5 Å². The number of hydrogen-bond acceptors (Lipinski definition) is 3. The lowest BCUT2D eigenvalue weighted by atomic mass is 10.3. The molecule has 0 spiro atoms. The molecule has 0 saturated heterocycles. The Morgan fingerprint density at radius 3 is 2.69 bits per heavy atom. The maximum Gasteiger partial charge on any atom is 0.338 e. The highest BCUT2D eigenvalue weighted by molar-refractivity contribution is 6.30. The van der Waals surface area contributed by atoms with E-state index in [1.807, 2.05) is 0 Å². The average Bonchev–Trinajstić information content (AvgIpc) is 2.21. The summed E-state index contributed by atoms with van der Waals surface area (Å²) >= 11 is 5.74. The summed E-state index contributed by atoms with van der Waals surface area (Å²) in [6.45, 7) is 2.10. The summed E-state index contributed by atoms with van der Waals surface area (Å²) < 4.78 is 4.75. The highest BCUT2D eigenvalue weighted by atomic mass is 35.5. The predicted octanol–water partition coefficient (Wildman–Crippen LogP) is 1.40. The Labute approximate surface area is 99.0 Å². The molecule has 86 valence electrons. The van der Waals surface area contributed by atoms with Gasteiger partial charge in [0.25, 0.3) is 0 Å². The number of esters is 1. The molecule has 0 aliphatic carbocycles. The number of anilines is 1. The first-order chi connectivity index (χ1) is 7.61. The average molecular weight is 242 g/mol. The monoisotopic (exact) mass is 241 g/mol. The van der Waals surface area contributed by atoms with Crippen LogP contribution >= 0.6 is 11.6 Å². The van der Waals surface area contributed by atoms with Gasteiger partial charge in [-0.1, -0.05) is 11.6 Å². The standard InChI is InChI=1S/C11H13ClN2O2/c1-2-16-11(15)7-10(13)14-9-5-3-8(12)4-6-9/h3-7,14H,2,13H2,1H3/p+1. The van der Waals surface area contributed by atoms with Crippen molar-refractivity contribution < 1.29 is 15.3 Å². The van der Waals surface area contributed by atoms with Crippen molar-refractivity contribution >= 4 is 23.3 Å². The number of rotatable bonds is 4. The molecular weight excluding hydrogens is 228 g/mol. The largest absolute Gasteiger partial charge is 0.463 e. The molecule has 0 aromatic heterocycles. The maximum atomic E-state index is 11.1. The Morgan fingerprint density at radius 2 is 2.12 bits per heavy atom. The van der Waals surface area contributed by atoms with Gasteiger partial charge in [0.1, 0.15) is 6.08 Å². The first-order valence-electron chi connectivity index (χ1n) is 4.85. The molecule has 0 radical (unpaired) electrons. The second kappa shape index (κ2) is 6.15. The van der Waals surface area contributed by atoms with Gasteiger partial charge in [-0.2, -0.15) is 0 Å². The minimum absolute atomic E-state index is 0.351. The van der Waals surface area contributed by atoms with E-state index in [0.717, 1.165) is 5.69 Å². The van der Waals surface area contributed by atoms with Crippen LogP contribution in [0.15, 0.2) is 36.2 Å². The number of halogens is 1. The number of ether oxygens (including phenoxy) is 1. The first kappa shape index (κ1) is 12.5. The molecular formula is C11H14ClN2O2+. The van der Waals surface area contributed by atoms with Crippen LogP contribution in [-0.2, 0) is 9.53 Å². The van der Waals surface area contributed by atoms with Gasteiger partial charge in [-0.25, -0.2) is 4.79 Å². The molecule has 0 fully saturated rings.